The van der Waals surface area contributed by atoms with E-state index in [4.69, 9.17) is 16.3 Å². The van der Waals surface area contributed by atoms with Crippen LogP contribution in [-0.2, 0) is 0 Å². The molecule has 0 saturated carbocycles. The van der Waals surface area contributed by atoms with Gasteiger partial charge >= 0.3 is 0 Å². The molecule has 0 radical (unpaired) electrons. The molecule has 1 heterocycles. The van der Waals surface area contributed by atoms with E-state index >= 15 is 0 Å². The first kappa shape index (κ1) is 12.7. The third-order valence-electron chi connectivity index (χ3n) is 2.95. The van der Waals surface area contributed by atoms with E-state index in [2.05, 4.69) is 15.3 Å². The summed E-state index contributed by atoms with van der Waals surface area (Å²) in [6.45, 7) is 0. The molecule has 0 saturated heterocycles. The van der Waals surface area contributed by atoms with E-state index in [1.54, 1.807) is 7.11 Å². The zero-order valence-electron chi connectivity index (χ0n) is 10.8. The summed E-state index contributed by atoms with van der Waals surface area (Å²) in [7, 11) is 1.64. The number of anilines is 2. The number of fused-ring (bicyclic) bond motifs is 1. The van der Waals surface area contributed by atoms with Gasteiger partial charge in [0.2, 0.25) is 0 Å². The van der Waals surface area contributed by atoms with Gasteiger partial charge in [0.05, 0.1) is 12.6 Å². The number of methoxy groups -OCH3 is 1. The van der Waals surface area contributed by atoms with E-state index in [0.717, 1.165) is 28.2 Å². The lowest BCUT2D eigenvalue weighted by molar-refractivity contribution is 0.415. The molecule has 0 aliphatic rings. The van der Waals surface area contributed by atoms with E-state index in [1.165, 1.54) is 6.33 Å². The SMILES string of the molecule is COc1ccc(Nc2ncnc3ccc(Cl)cc23)cc1. The van der Waals surface area contributed by atoms with Crippen molar-refractivity contribution in [3.8, 4) is 5.75 Å². The van der Waals surface area contributed by atoms with Gasteiger partial charge in [-0.3, -0.25) is 0 Å². The molecule has 0 unspecified atom stereocenters. The Labute approximate surface area is 121 Å². The van der Waals surface area contributed by atoms with E-state index in [0.29, 0.717) is 5.02 Å². The Morgan fingerprint density at radius 2 is 1.85 bits per heavy atom. The first-order chi connectivity index (χ1) is 9.76. The van der Waals surface area contributed by atoms with Crippen molar-refractivity contribution in [1.29, 1.82) is 0 Å². The molecular formula is C15H12ClN3O. The standard InChI is InChI=1S/C15H12ClN3O/c1-20-12-5-3-11(4-6-12)19-15-13-8-10(16)2-7-14(13)17-9-18-15/h2-9H,1H3,(H,17,18,19). The van der Waals surface area contributed by atoms with Gasteiger partial charge in [0.15, 0.2) is 0 Å². The van der Waals surface area contributed by atoms with E-state index in [9.17, 15) is 0 Å². The number of hydrogen-bond acceptors (Lipinski definition) is 4. The van der Waals surface area contributed by atoms with Crippen molar-refractivity contribution in [2.75, 3.05) is 12.4 Å². The van der Waals surface area contributed by atoms with Gasteiger partial charge in [-0.1, -0.05) is 11.6 Å². The van der Waals surface area contributed by atoms with Crippen LogP contribution in [0.15, 0.2) is 48.8 Å². The Morgan fingerprint density at radius 3 is 2.60 bits per heavy atom. The predicted molar refractivity (Wildman–Crippen MR) is 80.8 cm³/mol. The summed E-state index contributed by atoms with van der Waals surface area (Å²) in [6.07, 6.45) is 1.53. The molecule has 0 atom stereocenters. The van der Waals surface area contributed by atoms with Crippen molar-refractivity contribution in [2.45, 2.75) is 0 Å². The van der Waals surface area contributed by atoms with Crippen LogP contribution in [0.4, 0.5) is 11.5 Å². The fourth-order valence-electron chi connectivity index (χ4n) is 1.94. The molecule has 1 N–H and O–H groups in total. The molecule has 0 aliphatic carbocycles. The van der Waals surface area contributed by atoms with Crippen LogP contribution in [-0.4, -0.2) is 17.1 Å². The second-order valence-electron chi connectivity index (χ2n) is 4.24. The van der Waals surface area contributed by atoms with Crippen LogP contribution in [0, 0.1) is 0 Å². The van der Waals surface area contributed by atoms with Crippen LogP contribution in [0.25, 0.3) is 10.9 Å². The van der Waals surface area contributed by atoms with Crippen LogP contribution >= 0.6 is 11.6 Å². The fraction of sp³-hybridized carbons (Fsp3) is 0.0667. The van der Waals surface area contributed by atoms with Crippen LogP contribution < -0.4 is 10.1 Å². The Bertz CT molecular complexity index is 744. The number of benzene rings is 2. The van der Waals surface area contributed by atoms with Crippen molar-refractivity contribution >= 4 is 34.0 Å². The summed E-state index contributed by atoms with van der Waals surface area (Å²) in [4.78, 5) is 8.50. The number of ether oxygens (including phenoxy) is 1. The van der Waals surface area contributed by atoms with Gasteiger partial charge in [-0.05, 0) is 42.5 Å². The number of nitrogens with zero attached hydrogens (tertiary/aromatic N) is 2. The normalized spacial score (nSPS) is 10.5. The summed E-state index contributed by atoms with van der Waals surface area (Å²) < 4.78 is 5.13. The Kier molecular flexibility index (Phi) is 3.39. The molecule has 0 spiro atoms. The molecule has 3 aromatic rings. The van der Waals surface area contributed by atoms with Gasteiger partial charge < -0.3 is 10.1 Å². The van der Waals surface area contributed by atoms with Gasteiger partial charge in [0.1, 0.15) is 17.9 Å². The smallest absolute Gasteiger partial charge is 0.141 e. The molecule has 0 bridgehead atoms. The first-order valence-electron chi connectivity index (χ1n) is 6.07. The minimum atomic E-state index is 0.657. The van der Waals surface area contributed by atoms with Gasteiger partial charge in [-0.2, -0.15) is 0 Å². The number of hydrogen-bond donors (Lipinski definition) is 1. The van der Waals surface area contributed by atoms with Crippen molar-refractivity contribution in [2.24, 2.45) is 0 Å². The number of rotatable bonds is 3. The van der Waals surface area contributed by atoms with Crippen LogP contribution in [0.3, 0.4) is 0 Å². The molecule has 100 valence electrons. The maximum Gasteiger partial charge on any atom is 0.141 e. The molecule has 20 heavy (non-hydrogen) atoms. The quantitative estimate of drug-likeness (QED) is 0.789. The van der Waals surface area contributed by atoms with Crippen molar-refractivity contribution < 1.29 is 4.74 Å². The van der Waals surface area contributed by atoms with Crippen molar-refractivity contribution in [3.63, 3.8) is 0 Å². The monoisotopic (exact) mass is 285 g/mol. The minimum absolute atomic E-state index is 0.657. The van der Waals surface area contributed by atoms with Crippen LogP contribution in [0.5, 0.6) is 5.75 Å². The summed E-state index contributed by atoms with van der Waals surface area (Å²) >= 11 is 6.03. The molecule has 0 aliphatic heterocycles. The van der Waals surface area contributed by atoms with E-state index < -0.39 is 0 Å². The lowest BCUT2D eigenvalue weighted by Gasteiger charge is -2.09. The van der Waals surface area contributed by atoms with E-state index in [1.807, 2.05) is 42.5 Å². The van der Waals surface area contributed by atoms with E-state index in [-0.39, 0.29) is 0 Å². The zero-order chi connectivity index (χ0) is 13.9. The predicted octanol–water partition coefficient (Wildman–Crippen LogP) is 4.04. The highest BCUT2D eigenvalue weighted by Crippen LogP contribution is 2.26. The number of aromatic nitrogens is 2. The summed E-state index contributed by atoms with van der Waals surface area (Å²) in [5.74, 6) is 1.54. The second-order valence-corrected chi connectivity index (χ2v) is 4.67. The summed E-state index contributed by atoms with van der Waals surface area (Å²) in [6, 6.07) is 13.2. The molecule has 0 fully saturated rings. The molecule has 2 aromatic carbocycles. The fourth-order valence-corrected chi connectivity index (χ4v) is 2.11. The molecular weight excluding hydrogens is 274 g/mol. The Balaban J connectivity index is 1.99. The highest BCUT2D eigenvalue weighted by atomic mass is 35.5. The van der Waals surface area contributed by atoms with Gasteiger partial charge in [0, 0.05) is 16.1 Å². The molecule has 4 nitrogen and oxygen atoms in total. The molecule has 3 rings (SSSR count). The van der Waals surface area contributed by atoms with Gasteiger partial charge in [-0.25, -0.2) is 9.97 Å². The van der Waals surface area contributed by atoms with Crippen LogP contribution in [0.2, 0.25) is 5.02 Å². The zero-order valence-corrected chi connectivity index (χ0v) is 11.6. The second kappa shape index (κ2) is 5.35. The Morgan fingerprint density at radius 1 is 1.05 bits per heavy atom. The minimum Gasteiger partial charge on any atom is -0.497 e. The number of halogens is 1. The lowest BCUT2D eigenvalue weighted by Crippen LogP contribution is -1.96. The van der Waals surface area contributed by atoms with Gasteiger partial charge in [-0.15, -0.1) is 0 Å². The average Bonchev–Trinajstić information content (AvgIpc) is 2.49. The molecule has 1 aromatic heterocycles. The molecule has 0 amide bonds. The third kappa shape index (κ3) is 2.51. The average molecular weight is 286 g/mol. The van der Waals surface area contributed by atoms with Gasteiger partial charge in [0.25, 0.3) is 0 Å². The highest BCUT2D eigenvalue weighted by molar-refractivity contribution is 6.31. The first-order valence-corrected chi connectivity index (χ1v) is 6.45. The molecule has 5 heteroatoms. The number of nitrogens with one attached hydrogen (secondary N) is 1. The summed E-state index contributed by atoms with van der Waals surface area (Å²) in [5, 5.41) is 4.80. The van der Waals surface area contributed by atoms with Crippen molar-refractivity contribution in [1.82, 2.24) is 9.97 Å². The lowest BCUT2D eigenvalue weighted by atomic mass is 10.2. The largest absolute Gasteiger partial charge is 0.497 e. The van der Waals surface area contributed by atoms with Crippen molar-refractivity contribution in [3.05, 3.63) is 53.8 Å². The maximum absolute atomic E-state index is 6.03. The maximum atomic E-state index is 6.03. The summed E-state index contributed by atoms with van der Waals surface area (Å²) in [5.41, 5.74) is 1.77. The topological polar surface area (TPSA) is 47.0 Å². The highest BCUT2D eigenvalue weighted by Gasteiger charge is 2.05. The Hall–Kier alpha value is -2.33. The van der Waals surface area contributed by atoms with Crippen LogP contribution in [0.1, 0.15) is 0 Å². The third-order valence-corrected chi connectivity index (χ3v) is 3.19.